The maximum Gasteiger partial charge on any atom is 0.160 e. The zero-order valence-electron chi connectivity index (χ0n) is 29.5. The fraction of sp³-hybridized carbons (Fsp3) is 0.178. The van der Waals surface area contributed by atoms with E-state index in [-0.39, 0.29) is 10.8 Å². The van der Waals surface area contributed by atoms with E-state index in [0.717, 1.165) is 61.6 Å². The Morgan fingerprint density at radius 2 is 0.940 bits per heavy atom. The van der Waals surface area contributed by atoms with Crippen LogP contribution in [0.1, 0.15) is 52.7 Å². The third-order valence-corrected chi connectivity index (χ3v) is 9.02. The smallest absolute Gasteiger partial charge is 0.160 e. The van der Waals surface area contributed by atoms with Crippen LogP contribution >= 0.6 is 0 Å². The van der Waals surface area contributed by atoms with E-state index in [9.17, 15) is 0 Å². The summed E-state index contributed by atoms with van der Waals surface area (Å²) in [6.45, 7) is 13.6. The molecule has 0 atom stereocenters. The Bertz CT molecular complexity index is 2220. The molecule has 0 radical (unpaired) electrons. The number of hydrogen-bond acceptors (Lipinski definition) is 5. The lowest BCUT2D eigenvalue weighted by Crippen LogP contribution is -2.16. The first-order chi connectivity index (χ1) is 24.0. The van der Waals surface area contributed by atoms with Crippen LogP contribution in [0.2, 0.25) is 0 Å². The van der Waals surface area contributed by atoms with Crippen molar-refractivity contribution in [3.8, 4) is 67.4 Å². The number of rotatable bonds is 6. The minimum Gasteiger partial charge on any atom is -0.264 e. The highest BCUT2D eigenvalue weighted by Gasteiger charge is 2.22. The van der Waals surface area contributed by atoms with Gasteiger partial charge in [0.25, 0.3) is 0 Å². The molecule has 0 aliphatic carbocycles. The predicted octanol–water partition coefficient (Wildman–Crippen LogP) is 11.3. The fourth-order valence-corrected chi connectivity index (χ4v) is 6.03. The fourth-order valence-electron chi connectivity index (χ4n) is 6.03. The first-order valence-electron chi connectivity index (χ1n) is 17.0. The number of benzene rings is 4. The third kappa shape index (κ3) is 7.13. The van der Waals surface area contributed by atoms with Gasteiger partial charge in [0.05, 0.1) is 23.3 Å². The Labute approximate surface area is 295 Å². The van der Waals surface area contributed by atoms with Crippen molar-refractivity contribution in [2.45, 2.75) is 52.4 Å². The first-order valence-corrected chi connectivity index (χ1v) is 17.0. The lowest BCUT2D eigenvalue weighted by Gasteiger charge is -2.26. The highest BCUT2D eigenvalue weighted by molar-refractivity contribution is 5.81. The van der Waals surface area contributed by atoms with Crippen LogP contribution in [-0.4, -0.2) is 24.9 Å². The van der Waals surface area contributed by atoms with Gasteiger partial charge in [0.2, 0.25) is 0 Å². The number of nitrogens with zero attached hydrogens (tertiary/aromatic N) is 5. The van der Waals surface area contributed by atoms with Crippen LogP contribution in [0.4, 0.5) is 0 Å². The summed E-state index contributed by atoms with van der Waals surface area (Å²) in [5, 5.41) is 0. The van der Waals surface area contributed by atoms with Gasteiger partial charge in [0, 0.05) is 47.0 Å². The summed E-state index contributed by atoms with van der Waals surface area (Å²) in [6.07, 6.45) is 8.93. The molecular formula is C45H41N5. The molecular weight excluding hydrogens is 611 g/mol. The molecule has 0 fully saturated rings. The molecule has 3 heterocycles. The van der Waals surface area contributed by atoms with Gasteiger partial charge in [-0.1, -0.05) is 120 Å². The molecule has 0 aliphatic heterocycles. The molecule has 5 nitrogen and oxygen atoms in total. The average molecular weight is 652 g/mol. The molecule has 0 unspecified atom stereocenters. The van der Waals surface area contributed by atoms with Crippen LogP contribution in [-0.2, 0) is 10.8 Å². The highest BCUT2D eigenvalue weighted by atomic mass is 14.9. The van der Waals surface area contributed by atoms with E-state index in [4.69, 9.17) is 9.97 Å². The lowest BCUT2D eigenvalue weighted by atomic mass is 9.78. The van der Waals surface area contributed by atoms with E-state index < -0.39 is 0 Å². The molecule has 0 amide bonds. The summed E-state index contributed by atoms with van der Waals surface area (Å²) in [5.41, 5.74) is 13.4. The van der Waals surface area contributed by atoms with Crippen molar-refractivity contribution in [1.29, 1.82) is 0 Å². The summed E-state index contributed by atoms with van der Waals surface area (Å²) < 4.78 is 0. The van der Waals surface area contributed by atoms with Crippen molar-refractivity contribution < 1.29 is 0 Å². The standard InChI is InChI=1S/C45H41N5/c1-44(2,3)38-24-35(25-39(26-38)45(4,5)6)34-21-36(42-29-47-19-20-48-42)23-37(22-34)43-49-40(31-11-8-7-9-12-31)27-41(50-43)32-16-14-30(15-17-32)33-13-10-18-46-28-33/h7-29H,1-6H3. The summed E-state index contributed by atoms with van der Waals surface area (Å²) >= 11 is 0. The maximum atomic E-state index is 5.23. The van der Waals surface area contributed by atoms with Crippen LogP contribution in [0.15, 0.2) is 140 Å². The predicted molar refractivity (Wildman–Crippen MR) is 205 cm³/mol. The Morgan fingerprint density at radius 3 is 1.54 bits per heavy atom. The van der Waals surface area contributed by atoms with E-state index in [1.54, 1.807) is 18.6 Å². The topological polar surface area (TPSA) is 64.5 Å². The molecule has 4 aromatic carbocycles. The van der Waals surface area contributed by atoms with Crippen LogP contribution in [0, 0.1) is 0 Å². The normalized spacial score (nSPS) is 11.8. The van der Waals surface area contributed by atoms with Gasteiger partial charge >= 0.3 is 0 Å². The first kappa shape index (κ1) is 32.7. The van der Waals surface area contributed by atoms with Gasteiger partial charge in [0.1, 0.15) is 0 Å². The quantitative estimate of drug-likeness (QED) is 0.179. The second-order valence-corrected chi connectivity index (χ2v) is 14.8. The molecule has 50 heavy (non-hydrogen) atoms. The molecule has 7 aromatic rings. The van der Waals surface area contributed by atoms with Gasteiger partial charge in [-0.2, -0.15) is 0 Å². The summed E-state index contributed by atoms with van der Waals surface area (Å²) in [6, 6.07) is 38.5. The number of aromatic nitrogens is 5. The van der Waals surface area contributed by atoms with Crippen molar-refractivity contribution >= 4 is 0 Å². The Morgan fingerprint density at radius 1 is 0.380 bits per heavy atom. The molecule has 0 bridgehead atoms. The Balaban J connectivity index is 1.43. The summed E-state index contributed by atoms with van der Waals surface area (Å²) in [4.78, 5) is 23.8. The van der Waals surface area contributed by atoms with Crippen molar-refractivity contribution in [3.63, 3.8) is 0 Å². The zero-order chi connectivity index (χ0) is 34.9. The van der Waals surface area contributed by atoms with Crippen LogP contribution in [0.25, 0.3) is 67.4 Å². The molecule has 3 aromatic heterocycles. The van der Waals surface area contributed by atoms with E-state index >= 15 is 0 Å². The van der Waals surface area contributed by atoms with Crippen LogP contribution in [0.5, 0.6) is 0 Å². The Kier molecular flexibility index (Phi) is 8.67. The molecule has 0 spiro atoms. The molecule has 5 heteroatoms. The monoisotopic (exact) mass is 651 g/mol. The molecule has 0 saturated carbocycles. The highest BCUT2D eigenvalue weighted by Crippen LogP contribution is 2.38. The lowest BCUT2D eigenvalue weighted by molar-refractivity contribution is 0.569. The molecule has 246 valence electrons. The third-order valence-electron chi connectivity index (χ3n) is 9.02. The van der Waals surface area contributed by atoms with E-state index in [1.807, 2.05) is 36.7 Å². The van der Waals surface area contributed by atoms with E-state index in [1.165, 1.54) is 11.1 Å². The average Bonchev–Trinajstić information content (AvgIpc) is 3.15. The van der Waals surface area contributed by atoms with Crippen molar-refractivity contribution in [2.75, 3.05) is 0 Å². The molecule has 0 aliphatic rings. The zero-order valence-corrected chi connectivity index (χ0v) is 29.5. The molecule has 0 N–H and O–H groups in total. The van der Waals surface area contributed by atoms with Crippen LogP contribution in [0.3, 0.4) is 0 Å². The molecule has 7 rings (SSSR count). The van der Waals surface area contributed by atoms with Gasteiger partial charge in [-0.15, -0.1) is 0 Å². The second kappa shape index (κ2) is 13.2. The SMILES string of the molecule is CC(C)(C)c1cc(-c2cc(-c3cnccn3)cc(-c3nc(-c4ccccc4)cc(-c4ccc(-c5cccnc5)cc4)n3)c2)cc(C(C)(C)C)c1. The van der Waals surface area contributed by atoms with Gasteiger partial charge in [-0.05, 0) is 74.5 Å². The van der Waals surface area contributed by atoms with Gasteiger partial charge in [0.15, 0.2) is 5.82 Å². The Hall–Kier alpha value is -5.81. The van der Waals surface area contributed by atoms with Crippen molar-refractivity contribution in [1.82, 2.24) is 24.9 Å². The summed E-state index contributed by atoms with van der Waals surface area (Å²) in [7, 11) is 0. The number of hydrogen-bond donors (Lipinski definition) is 0. The van der Waals surface area contributed by atoms with Gasteiger partial charge in [-0.3, -0.25) is 15.0 Å². The van der Waals surface area contributed by atoms with E-state index in [2.05, 4.69) is 141 Å². The van der Waals surface area contributed by atoms with Gasteiger partial charge in [-0.25, -0.2) is 9.97 Å². The van der Waals surface area contributed by atoms with Crippen LogP contribution < -0.4 is 0 Å². The minimum absolute atomic E-state index is 0.0179. The van der Waals surface area contributed by atoms with Gasteiger partial charge < -0.3 is 0 Å². The largest absolute Gasteiger partial charge is 0.264 e. The maximum absolute atomic E-state index is 5.23. The second-order valence-electron chi connectivity index (χ2n) is 14.8. The minimum atomic E-state index is -0.0179. The summed E-state index contributed by atoms with van der Waals surface area (Å²) in [5.74, 6) is 0.646. The molecule has 0 saturated heterocycles. The van der Waals surface area contributed by atoms with E-state index in [0.29, 0.717) is 5.82 Å². The van der Waals surface area contributed by atoms with Crippen molar-refractivity contribution in [2.24, 2.45) is 0 Å². The van der Waals surface area contributed by atoms with Crippen molar-refractivity contribution in [3.05, 3.63) is 151 Å². The number of pyridine rings is 1.